The van der Waals surface area contributed by atoms with Crippen molar-refractivity contribution in [3.05, 3.63) is 64.8 Å². The number of hydrogen-bond donors (Lipinski definition) is 1. The third-order valence-corrected chi connectivity index (χ3v) is 4.13. The smallest absolute Gasteiger partial charge is 0.329 e. The molecular formula is C18H20N4O2. The molecule has 3 rings (SSSR count). The van der Waals surface area contributed by atoms with Crippen molar-refractivity contribution >= 4 is 16.9 Å². The fourth-order valence-electron chi connectivity index (χ4n) is 2.90. The van der Waals surface area contributed by atoms with E-state index in [4.69, 9.17) is 0 Å². The van der Waals surface area contributed by atoms with Gasteiger partial charge in [0.15, 0.2) is 0 Å². The zero-order valence-corrected chi connectivity index (χ0v) is 13.8. The molecule has 1 N–H and O–H groups in total. The highest BCUT2D eigenvalue weighted by molar-refractivity contribution is 5.81. The zero-order valence-electron chi connectivity index (χ0n) is 13.8. The van der Waals surface area contributed by atoms with Crippen LogP contribution in [0.1, 0.15) is 25.5 Å². The minimum Gasteiger partial charge on any atom is -0.348 e. The third kappa shape index (κ3) is 2.95. The Labute approximate surface area is 139 Å². The molecule has 6 heteroatoms. The Morgan fingerprint density at radius 1 is 1.12 bits per heavy atom. The molecule has 0 saturated carbocycles. The van der Waals surface area contributed by atoms with Crippen LogP contribution < -0.4 is 11.0 Å². The Balaban J connectivity index is 1.84. The van der Waals surface area contributed by atoms with Gasteiger partial charge in [-0.25, -0.2) is 4.79 Å². The van der Waals surface area contributed by atoms with Crippen LogP contribution in [0.2, 0.25) is 0 Å². The van der Waals surface area contributed by atoms with Crippen LogP contribution in [0.3, 0.4) is 0 Å². The summed E-state index contributed by atoms with van der Waals surface area (Å²) in [6.45, 7) is 4.40. The topological polar surface area (TPSA) is 68.9 Å². The number of pyridine rings is 1. The molecule has 0 fully saturated rings. The first kappa shape index (κ1) is 16.0. The number of carbonyl (C=O) groups is 1. The van der Waals surface area contributed by atoms with Crippen molar-refractivity contribution in [2.45, 2.75) is 33.0 Å². The number of nitrogens with one attached hydrogen (secondary N) is 1. The number of rotatable bonds is 5. The fraction of sp³-hybridized carbons (Fsp3) is 0.278. The summed E-state index contributed by atoms with van der Waals surface area (Å²) in [5.74, 6) is -0.194. The van der Waals surface area contributed by atoms with Gasteiger partial charge in [-0.3, -0.25) is 18.9 Å². The summed E-state index contributed by atoms with van der Waals surface area (Å²) in [5.41, 5.74) is 2.43. The number of nitrogens with zero attached hydrogens (tertiary/aromatic N) is 3. The maximum atomic E-state index is 12.5. The van der Waals surface area contributed by atoms with E-state index in [2.05, 4.69) is 10.3 Å². The lowest BCUT2D eigenvalue weighted by molar-refractivity contribution is -0.122. The molecule has 6 nitrogen and oxygen atoms in total. The van der Waals surface area contributed by atoms with Gasteiger partial charge in [-0.15, -0.1) is 0 Å². The highest BCUT2D eigenvalue weighted by atomic mass is 16.2. The van der Waals surface area contributed by atoms with E-state index in [-0.39, 0.29) is 24.2 Å². The molecule has 0 aliphatic heterocycles. The number of para-hydroxylation sites is 2. The van der Waals surface area contributed by atoms with Crippen LogP contribution in [0.15, 0.2) is 53.6 Å². The van der Waals surface area contributed by atoms with Gasteiger partial charge in [-0.05, 0) is 43.7 Å². The Bertz CT molecular complexity index is 912. The molecular weight excluding hydrogens is 304 g/mol. The van der Waals surface area contributed by atoms with Crippen LogP contribution in [0.25, 0.3) is 11.0 Å². The number of aromatic nitrogens is 3. The molecule has 124 valence electrons. The first-order valence-corrected chi connectivity index (χ1v) is 7.99. The summed E-state index contributed by atoms with van der Waals surface area (Å²) in [6, 6.07) is 11.1. The molecule has 0 spiro atoms. The predicted octanol–water partition coefficient (Wildman–Crippen LogP) is 2.10. The molecule has 0 unspecified atom stereocenters. The van der Waals surface area contributed by atoms with Gasteiger partial charge in [0.1, 0.15) is 6.54 Å². The summed E-state index contributed by atoms with van der Waals surface area (Å²) in [4.78, 5) is 28.9. The lowest BCUT2D eigenvalue weighted by Gasteiger charge is -2.14. The van der Waals surface area contributed by atoms with Gasteiger partial charge >= 0.3 is 5.69 Å². The first-order chi connectivity index (χ1) is 11.6. The fourth-order valence-corrected chi connectivity index (χ4v) is 2.90. The molecule has 1 amide bonds. The summed E-state index contributed by atoms with van der Waals surface area (Å²) in [7, 11) is 0. The van der Waals surface area contributed by atoms with Gasteiger partial charge in [0.2, 0.25) is 5.91 Å². The quantitative estimate of drug-likeness (QED) is 0.781. The number of aryl methyl sites for hydroxylation is 1. The number of fused-ring (bicyclic) bond motifs is 1. The molecule has 2 heterocycles. The van der Waals surface area contributed by atoms with Crippen molar-refractivity contribution in [1.82, 2.24) is 19.4 Å². The summed E-state index contributed by atoms with van der Waals surface area (Å²) < 4.78 is 3.20. The second kappa shape index (κ2) is 6.70. The van der Waals surface area contributed by atoms with Gasteiger partial charge in [0, 0.05) is 18.9 Å². The molecule has 1 aromatic carbocycles. The molecule has 24 heavy (non-hydrogen) atoms. The first-order valence-electron chi connectivity index (χ1n) is 7.99. The van der Waals surface area contributed by atoms with E-state index < -0.39 is 0 Å². The minimum atomic E-state index is -0.194. The van der Waals surface area contributed by atoms with E-state index in [0.29, 0.717) is 6.54 Å². The second-order valence-corrected chi connectivity index (χ2v) is 5.67. The summed E-state index contributed by atoms with van der Waals surface area (Å²) in [5, 5.41) is 2.93. The molecule has 0 radical (unpaired) electrons. The summed E-state index contributed by atoms with van der Waals surface area (Å²) in [6.07, 6.45) is 3.38. The lowest BCUT2D eigenvalue weighted by Crippen LogP contribution is -2.34. The average molecular weight is 324 g/mol. The van der Waals surface area contributed by atoms with Crippen LogP contribution in [0, 0.1) is 0 Å². The van der Waals surface area contributed by atoms with Crippen LogP contribution in [0.5, 0.6) is 0 Å². The number of amides is 1. The van der Waals surface area contributed by atoms with E-state index in [1.54, 1.807) is 17.0 Å². The molecule has 3 aromatic rings. The van der Waals surface area contributed by atoms with Gasteiger partial charge in [0.25, 0.3) is 0 Å². The third-order valence-electron chi connectivity index (χ3n) is 4.13. The van der Waals surface area contributed by atoms with Gasteiger partial charge in [0.05, 0.1) is 17.1 Å². The second-order valence-electron chi connectivity index (χ2n) is 5.67. The van der Waals surface area contributed by atoms with Crippen LogP contribution in [0.4, 0.5) is 0 Å². The van der Waals surface area contributed by atoms with Crippen molar-refractivity contribution < 1.29 is 4.79 Å². The van der Waals surface area contributed by atoms with Crippen molar-refractivity contribution in [3.8, 4) is 0 Å². The molecule has 2 aromatic heterocycles. The Morgan fingerprint density at radius 2 is 1.75 bits per heavy atom. The molecule has 0 bridgehead atoms. The molecule has 0 aliphatic rings. The summed E-state index contributed by atoms with van der Waals surface area (Å²) >= 11 is 0. The number of carbonyl (C=O) groups excluding carboxylic acids is 1. The van der Waals surface area contributed by atoms with E-state index in [1.165, 1.54) is 4.57 Å². The van der Waals surface area contributed by atoms with E-state index in [9.17, 15) is 9.59 Å². The Morgan fingerprint density at radius 3 is 2.38 bits per heavy atom. The van der Waals surface area contributed by atoms with Crippen molar-refractivity contribution in [2.24, 2.45) is 0 Å². The largest absolute Gasteiger partial charge is 0.348 e. The highest BCUT2D eigenvalue weighted by Gasteiger charge is 2.16. The lowest BCUT2D eigenvalue weighted by atomic mass is 10.1. The Hall–Kier alpha value is -2.89. The van der Waals surface area contributed by atoms with Crippen LogP contribution in [-0.4, -0.2) is 20.0 Å². The van der Waals surface area contributed by atoms with Gasteiger partial charge in [-0.1, -0.05) is 12.1 Å². The number of hydrogen-bond acceptors (Lipinski definition) is 3. The average Bonchev–Trinajstić information content (AvgIpc) is 2.87. The molecule has 1 atom stereocenters. The van der Waals surface area contributed by atoms with E-state index in [1.807, 2.05) is 50.2 Å². The maximum Gasteiger partial charge on any atom is 0.329 e. The van der Waals surface area contributed by atoms with Crippen molar-refractivity contribution in [3.63, 3.8) is 0 Å². The van der Waals surface area contributed by atoms with E-state index in [0.717, 1.165) is 16.6 Å². The van der Waals surface area contributed by atoms with Crippen molar-refractivity contribution in [1.29, 1.82) is 0 Å². The standard InChI is InChI=1S/C18H20N4O2/c1-3-21-15-6-4-5-7-16(15)22(18(21)24)12-17(23)20-13(2)14-8-10-19-11-9-14/h4-11,13H,3,12H2,1-2H3,(H,20,23)/t13-/m0/s1. The molecule has 0 aliphatic carbocycles. The van der Waals surface area contributed by atoms with Crippen LogP contribution >= 0.6 is 0 Å². The zero-order chi connectivity index (χ0) is 17.1. The van der Waals surface area contributed by atoms with Gasteiger partial charge < -0.3 is 5.32 Å². The Kier molecular flexibility index (Phi) is 4.46. The highest BCUT2D eigenvalue weighted by Crippen LogP contribution is 2.13. The monoisotopic (exact) mass is 324 g/mol. The molecule has 0 saturated heterocycles. The van der Waals surface area contributed by atoms with Crippen molar-refractivity contribution in [2.75, 3.05) is 0 Å². The van der Waals surface area contributed by atoms with Gasteiger partial charge in [-0.2, -0.15) is 0 Å². The SMILES string of the molecule is CCn1c(=O)n(CC(=O)N[C@@H](C)c2ccncc2)c2ccccc21. The number of benzene rings is 1. The minimum absolute atomic E-state index is 0.00176. The normalized spacial score (nSPS) is 12.2. The van der Waals surface area contributed by atoms with E-state index >= 15 is 0 Å². The number of imidazole rings is 1. The maximum absolute atomic E-state index is 12.5. The van der Waals surface area contributed by atoms with Crippen LogP contribution in [-0.2, 0) is 17.9 Å². The predicted molar refractivity (Wildman–Crippen MR) is 92.7 cm³/mol.